The molecule has 0 bridgehead atoms. The lowest BCUT2D eigenvalue weighted by atomic mass is 9.89. The second-order valence-corrected chi connectivity index (χ2v) is 5.27. The fourth-order valence-corrected chi connectivity index (χ4v) is 2.82. The van der Waals surface area contributed by atoms with Gasteiger partial charge in [0.25, 0.3) is 5.91 Å². The minimum atomic E-state index is -0.309. The zero-order valence-corrected chi connectivity index (χ0v) is 13.5. The molecule has 0 unspecified atom stereocenters. The van der Waals surface area contributed by atoms with E-state index in [2.05, 4.69) is 5.32 Å². The van der Waals surface area contributed by atoms with Gasteiger partial charge in [-0.1, -0.05) is 0 Å². The lowest BCUT2D eigenvalue weighted by Gasteiger charge is -2.24. The molecule has 1 heterocycles. The Morgan fingerprint density at radius 1 is 1.24 bits per heavy atom. The number of amides is 1. The van der Waals surface area contributed by atoms with Crippen molar-refractivity contribution >= 4 is 18.3 Å². The quantitative estimate of drug-likeness (QED) is 0.925. The van der Waals surface area contributed by atoms with E-state index in [0.717, 1.165) is 31.5 Å². The predicted octanol–water partition coefficient (Wildman–Crippen LogP) is 3.20. The van der Waals surface area contributed by atoms with Crippen LogP contribution in [0, 0.1) is 5.82 Å². The molecule has 0 atom stereocenters. The molecule has 1 aliphatic rings. The van der Waals surface area contributed by atoms with Crippen molar-refractivity contribution < 1.29 is 9.18 Å². The van der Waals surface area contributed by atoms with E-state index >= 15 is 0 Å². The van der Waals surface area contributed by atoms with Crippen molar-refractivity contribution in [2.45, 2.75) is 32.6 Å². The van der Waals surface area contributed by atoms with Crippen LogP contribution in [0.25, 0.3) is 0 Å². The Balaban J connectivity index is 0.00000220. The van der Waals surface area contributed by atoms with Gasteiger partial charge in [0.1, 0.15) is 5.82 Å². The summed E-state index contributed by atoms with van der Waals surface area (Å²) in [5.41, 5.74) is 1.43. The van der Waals surface area contributed by atoms with Crippen molar-refractivity contribution in [3.8, 4) is 0 Å². The molecule has 1 aromatic carbocycles. The molecule has 0 aliphatic carbocycles. The van der Waals surface area contributed by atoms with Gasteiger partial charge in [-0.25, -0.2) is 4.39 Å². The maximum atomic E-state index is 13.8. The summed E-state index contributed by atoms with van der Waals surface area (Å²) in [6.45, 7) is 7.09. The van der Waals surface area contributed by atoms with Gasteiger partial charge in [0, 0.05) is 18.7 Å². The molecule has 0 saturated carbocycles. The molecule has 1 aliphatic heterocycles. The van der Waals surface area contributed by atoms with E-state index in [1.54, 1.807) is 11.0 Å². The third kappa shape index (κ3) is 4.42. The van der Waals surface area contributed by atoms with Crippen molar-refractivity contribution in [3.63, 3.8) is 0 Å². The van der Waals surface area contributed by atoms with Crippen molar-refractivity contribution in [2.24, 2.45) is 0 Å². The Morgan fingerprint density at radius 3 is 2.43 bits per heavy atom. The van der Waals surface area contributed by atoms with Gasteiger partial charge < -0.3 is 10.2 Å². The van der Waals surface area contributed by atoms with Gasteiger partial charge in [0.2, 0.25) is 0 Å². The highest BCUT2D eigenvalue weighted by Crippen LogP contribution is 2.27. The van der Waals surface area contributed by atoms with Crippen LogP contribution in [0.1, 0.15) is 48.5 Å². The van der Waals surface area contributed by atoms with E-state index in [9.17, 15) is 9.18 Å². The average Bonchev–Trinajstić information content (AvgIpc) is 2.48. The SMILES string of the molecule is CCN(CC)C(=O)c1cc(F)cc(C2CCNCC2)c1.Cl. The first-order valence-electron chi connectivity index (χ1n) is 7.46. The number of hydrogen-bond acceptors (Lipinski definition) is 2. The van der Waals surface area contributed by atoms with E-state index in [1.807, 2.05) is 19.9 Å². The Bertz CT molecular complexity index is 471. The fraction of sp³-hybridized carbons (Fsp3) is 0.562. The summed E-state index contributed by atoms with van der Waals surface area (Å²) in [4.78, 5) is 14.1. The summed E-state index contributed by atoms with van der Waals surface area (Å²) in [6, 6.07) is 4.81. The van der Waals surface area contributed by atoms with Crippen molar-refractivity contribution in [1.82, 2.24) is 10.2 Å². The van der Waals surface area contributed by atoms with E-state index in [4.69, 9.17) is 0 Å². The second-order valence-electron chi connectivity index (χ2n) is 5.27. The summed E-state index contributed by atoms with van der Waals surface area (Å²) >= 11 is 0. The van der Waals surface area contributed by atoms with Crippen molar-refractivity contribution in [2.75, 3.05) is 26.2 Å². The molecule has 0 radical (unpaired) electrons. The second kappa shape index (κ2) is 8.35. The number of nitrogens with one attached hydrogen (secondary N) is 1. The number of piperidine rings is 1. The molecule has 1 saturated heterocycles. The number of carbonyl (C=O) groups excluding carboxylic acids is 1. The van der Waals surface area contributed by atoms with Crippen LogP contribution in [-0.2, 0) is 0 Å². The Kier molecular flexibility index (Phi) is 7.12. The molecule has 3 nitrogen and oxygen atoms in total. The molecule has 1 fully saturated rings. The number of carbonyl (C=O) groups is 1. The third-order valence-corrected chi connectivity index (χ3v) is 4.03. The lowest BCUT2D eigenvalue weighted by Crippen LogP contribution is -2.31. The van der Waals surface area contributed by atoms with Crippen molar-refractivity contribution in [1.29, 1.82) is 0 Å². The minimum absolute atomic E-state index is 0. The molecule has 21 heavy (non-hydrogen) atoms. The van der Waals surface area contributed by atoms with Gasteiger partial charge in [-0.2, -0.15) is 0 Å². The highest BCUT2D eigenvalue weighted by Gasteiger charge is 2.19. The maximum Gasteiger partial charge on any atom is 0.253 e. The molecule has 5 heteroatoms. The normalized spacial score (nSPS) is 15.4. The van der Waals surface area contributed by atoms with Crippen LogP contribution < -0.4 is 5.32 Å². The Morgan fingerprint density at radius 2 is 1.86 bits per heavy atom. The molecule has 2 rings (SSSR count). The molecule has 0 aromatic heterocycles. The summed E-state index contributed by atoms with van der Waals surface area (Å²) in [6.07, 6.45) is 2.00. The number of hydrogen-bond donors (Lipinski definition) is 1. The summed E-state index contributed by atoms with van der Waals surface area (Å²) in [7, 11) is 0. The number of benzene rings is 1. The highest BCUT2D eigenvalue weighted by atomic mass is 35.5. The van der Waals surface area contributed by atoms with E-state index < -0.39 is 0 Å². The van der Waals surface area contributed by atoms with Crippen LogP contribution in [0.5, 0.6) is 0 Å². The number of halogens is 2. The Hall–Kier alpha value is -1.13. The van der Waals surface area contributed by atoms with Gasteiger partial charge in [-0.15, -0.1) is 12.4 Å². The molecule has 1 N–H and O–H groups in total. The minimum Gasteiger partial charge on any atom is -0.339 e. The summed E-state index contributed by atoms with van der Waals surface area (Å²) < 4.78 is 13.8. The van der Waals surface area contributed by atoms with Crippen LogP contribution in [-0.4, -0.2) is 37.0 Å². The predicted molar refractivity (Wildman–Crippen MR) is 85.7 cm³/mol. The topological polar surface area (TPSA) is 32.3 Å². The lowest BCUT2D eigenvalue weighted by molar-refractivity contribution is 0.0772. The van der Waals surface area contributed by atoms with E-state index in [1.165, 1.54) is 6.07 Å². The molecular formula is C16H24ClFN2O. The van der Waals surface area contributed by atoms with Crippen LogP contribution in [0.4, 0.5) is 4.39 Å². The molecule has 1 amide bonds. The zero-order valence-electron chi connectivity index (χ0n) is 12.7. The van der Waals surface area contributed by atoms with Crippen LogP contribution in [0.2, 0.25) is 0 Å². The zero-order chi connectivity index (χ0) is 14.5. The monoisotopic (exact) mass is 314 g/mol. The first-order chi connectivity index (χ1) is 9.65. The fourth-order valence-electron chi connectivity index (χ4n) is 2.82. The average molecular weight is 315 g/mol. The van der Waals surface area contributed by atoms with Gasteiger partial charge in [-0.05, 0) is 69.5 Å². The maximum absolute atomic E-state index is 13.8. The number of nitrogens with zero attached hydrogens (tertiary/aromatic N) is 1. The van der Waals surface area contributed by atoms with Crippen LogP contribution in [0.15, 0.2) is 18.2 Å². The van der Waals surface area contributed by atoms with Gasteiger partial charge in [0.05, 0.1) is 0 Å². The van der Waals surface area contributed by atoms with E-state index in [0.29, 0.717) is 24.6 Å². The Labute approximate surface area is 132 Å². The van der Waals surface area contributed by atoms with Crippen LogP contribution >= 0.6 is 12.4 Å². The largest absolute Gasteiger partial charge is 0.339 e. The number of rotatable bonds is 4. The molecular weight excluding hydrogens is 291 g/mol. The van der Waals surface area contributed by atoms with Gasteiger partial charge in [0.15, 0.2) is 0 Å². The van der Waals surface area contributed by atoms with E-state index in [-0.39, 0.29) is 24.1 Å². The third-order valence-electron chi connectivity index (χ3n) is 4.03. The van der Waals surface area contributed by atoms with Crippen molar-refractivity contribution in [3.05, 3.63) is 35.1 Å². The molecule has 118 valence electrons. The standard InChI is InChI=1S/C16H23FN2O.ClH/c1-3-19(4-2)16(20)14-9-13(10-15(17)11-14)12-5-7-18-8-6-12;/h9-12,18H,3-8H2,1-2H3;1H. The smallest absolute Gasteiger partial charge is 0.253 e. The first-order valence-corrected chi connectivity index (χ1v) is 7.46. The first kappa shape index (κ1) is 17.9. The molecule has 1 aromatic rings. The molecule has 0 spiro atoms. The van der Waals surface area contributed by atoms with Gasteiger partial charge in [-0.3, -0.25) is 4.79 Å². The van der Waals surface area contributed by atoms with Crippen LogP contribution in [0.3, 0.4) is 0 Å². The van der Waals surface area contributed by atoms with Gasteiger partial charge >= 0.3 is 0 Å². The summed E-state index contributed by atoms with van der Waals surface area (Å²) in [5, 5.41) is 3.30. The summed E-state index contributed by atoms with van der Waals surface area (Å²) in [5.74, 6) is -0.0311. The highest BCUT2D eigenvalue weighted by molar-refractivity contribution is 5.94.